The Labute approximate surface area is 97.0 Å². The highest BCUT2D eigenvalue weighted by molar-refractivity contribution is 5.80. The Hall–Kier alpha value is -2.49. The quantitative estimate of drug-likeness (QED) is 0.686. The van der Waals surface area contributed by atoms with Gasteiger partial charge in [0.15, 0.2) is 5.69 Å². The van der Waals surface area contributed by atoms with E-state index in [1.807, 2.05) is 30.3 Å². The maximum absolute atomic E-state index is 11.6. The number of hydrogen-bond donors (Lipinski definition) is 1. The Kier molecular flexibility index (Phi) is 2.19. The third-order valence-electron chi connectivity index (χ3n) is 2.55. The number of benzene rings is 1. The lowest BCUT2D eigenvalue weighted by Gasteiger charge is -2.01. The zero-order valence-electron chi connectivity index (χ0n) is 8.92. The van der Waals surface area contributed by atoms with Crippen LogP contribution in [-0.4, -0.2) is 15.0 Å². The smallest absolute Gasteiger partial charge is 0.276 e. The van der Waals surface area contributed by atoms with E-state index < -0.39 is 0 Å². The molecule has 17 heavy (non-hydrogen) atoms. The molecule has 1 aromatic carbocycles. The molecule has 0 radical (unpaired) electrons. The first-order valence-corrected chi connectivity index (χ1v) is 5.24. The van der Waals surface area contributed by atoms with Crippen LogP contribution >= 0.6 is 0 Å². The van der Waals surface area contributed by atoms with E-state index in [4.69, 9.17) is 0 Å². The Bertz CT molecular complexity index is 734. The molecule has 0 amide bonds. The van der Waals surface area contributed by atoms with Gasteiger partial charge >= 0.3 is 0 Å². The standard InChI is InChI=1S/C13H9N3O/c17-13-12(14-7-8-15-13)11-6-5-9-3-1-2-4-10(9)16-11/h1-8H,(H,15,17). The maximum atomic E-state index is 11.6. The molecule has 4 heteroatoms. The lowest BCUT2D eigenvalue weighted by Crippen LogP contribution is -2.10. The molecule has 3 rings (SSSR count). The predicted octanol–water partition coefficient (Wildman–Crippen LogP) is 1.99. The van der Waals surface area contributed by atoms with E-state index in [9.17, 15) is 4.79 Å². The third kappa shape index (κ3) is 1.69. The monoisotopic (exact) mass is 223 g/mol. The van der Waals surface area contributed by atoms with Crippen molar-refractivity contribution < 1.29 is 0 Å². The Morgan fingerprint density at radius 1 is 1.06 bits per heavy atom. The topological polar surface area (TPSA) is 58.6 Å². The molecule has 0 bridgehead atoms. The van der Waals surface area contributed by atoms with E-state index >= 15 is 0 Å². The summed E-state index contributed by atoms with van der Waals surface area (Å²) in [7, 11) is 0. The largest absolute Gasteiger partial charge is 0.326 e. The van der Waals surface area contributed by atoms with Gasteiger partial charge in [-0.2, -0.15) is 0 Å². The highest BCUT2D eigenvalue weighted by Crippen LogP contribution is 2.16. The van der Waals surface area contributed by atoms with E-state index in [1.54, 1.807) is 12.3 Å². The van der Waals surface area contributed by atoms with Gasteiger partial charge in [-0.15, -0.1) is 0 Å². The first-order valence-electron chi connectivity index (χ1n) is 5.24. The van der Waals surface area contributed by atoms with Crippen LogP contribution in [0.2, 0.25) is 0 Å². The van der Waals surface area contributed by atoms with Crippen molar-refractivity contribution in [3.63, 3.8) is 0 Å². The summed E-state index contributed by atoms with van der Waals surface area (Å²) in [4.78, 5) is 22.7. The van der Waals surface area contributed by atoms with Crippen LogP contribution in [0.15, 0.2) is 53.6 Å². The molecule has 0 aliphatic rings. The zero-order chi connectivity index (χ0) is 11.7. The molecule has 2 heterocycles. The highest BCUT2D eigenvalue weighted by atomic mass is 16.1. The summed E-state index contributed by atoms with van der Waals surface area (Å²) in [5, 5.41) is 1.05. The summed E-state index contributed by atoms with van der Waals surface area (Å²) in [6.07, 6.45) is 3.06. The van der Waals surface area contributed by atoms with Crippen LogP contribution < -0.4 is 5.56 Å². The first-order chi connectivity index (χ1) is 8.34. The fourth-order valence-electron chi connectivity index (χ4n) is 1.73. The van der Waals surface area contributed by atoms with Crippen molar-refractivity contribution in [2.24, 2.45) is 0 Å². The molecule has 3 aromatic rings. The third-order valence-corrected chi connectivity index (χ3v) is 2.55. The van der Waals surface area contributed by atoms with Crippen molar-refractivity contribution in [1.29, 1.82) is 0 Å². The summed E-state index contributed by atoms with van der Waals surface area (Å²) in [6, 6.07) is 11.5. The van der Waals surface area contributed by atoms with Crippen LogP contribution in [0, 0.1) is 0 Å². The van der Waals surface area contributed by atoms with Gasteiger partial charge < -0.3 is 4.98 Å². The molecule has 0 aliphatic heterocycles. The summed E-state index contributed by atoms with van der Waals surface area (Å²) in [5.41, 5.74) is 1.56. The minimum Gasteiger partial charge on any atom is -0.326 e. The number of pyridine rings is 1. The number of fused-ring (bicyclic) bond motifs is 1. The summed E-state index contributed by atoms with van der Waals surface area (Å²) in [6.45, 7) is 0. The number of H-pyrrole nitrogens is 1. The molecule has 2 aromatic heterocycles. The van der Waals surface area contributed by atoms with Crippen LogP contribution in [0.4, 0.5) is 0 Å². The van der Waals surface area contributed by atoms with E-state index in [0.717, 1.165) is 10.9 Å². The lowest BCUT2D eigenvalue weighted by atomic mass is 10.2. The van der Waals surface area contributed by atoms with Gasteiger partial charge in [0.2, 0.25) is 0 Å². The second-order valence-electron chi connectivity index (χ2n) is 3.66. The minimum absolute atomic E-state index is 0.227. The van der Waals surface area contributed by atoms with Gasteiger partial charge in [-0.05, 0) is 12.1 Å². The van der Waals surface area contributed by atoms with Gasteiger partial charge in [-0.1, -0.05) is 24.3 Å². The normalized spacial score (nSPS) is 10.6. The first kappa shape index (κ1) is 9.72. The second kappa shape index (κ2) is 3.83. The van der Waals surface area contributed by atoms with Gasteiger partial charge in [0, 0.05) is 17.8 Å². The molecule has 0 saturated carbocycles. The number of aromatic nitrogens is 3. The van der Waals surface area contributed by atoms with Crippen LogP contribution in [-0.2, 0) is 0 Å². The van der Waals surface area contributed by atoms with Crippen molar-refractivity contribution in [1.82, 2.24) is 15.0 Å². The fraction of sp³-hybridized carbons (Fsp3) is 0. The number of nitrogens with one attached hydrogen (secondary N) is 1. The van der Waals surface area contributed by atoms with E-state index in [2.05, 4.69) is 15.0 Å². The molecule has 0 fully saturated rings. The average molecular weight is 223 g/mol. The van der Waals surface area contributed by atoms with Crippen molar-refractivity contribution in [3.05, 3.63) is 59.1 Å². The Morgan fingerprint density at radius 2 is 1.94 bits per heavy atom. The van der Waals surface area contributed by atoms with Crippen LogP contribution in [0.3, 0.4) is 0 Å². The van der Waals surface area contributed by atoms with E-state index in [0.29, 0.717) is 11.4 Å². The van der Waals surface area contributed by atoms with Crippen LogP contribution in [0.1, 0.15) is 0 Å². The molecule has 0 atom stereocenters. The van der Waals surface area contributed by atoms with E-state index in [-0.39, 0.29) is 5.56 Å². The van der Waals surface area contributed by atoms with E-state index in [1.165, 1.54) is 6.20 Å². The molecular formula is C13H9N3O. The van der Waals surface area contributed by atoms with Gasteiger partial charge in [0.05, 0.1) is 11.2 Å². The summed E-state index contributed by atoms with van der Waals surface area (Å²) < 4.78 is 0. The molecular weight excluding hydrogens is 214 g/mol. The highest BCUT2D eigenvalue weighted by Gasteiger charge is 2.05. The van der Waals surface area contributed by atoms with Gasteiger partial charge in [0.1, 0.15) is 0 Å². The number of nitrogens with zero attached hydrogens (tertiary/aromatic N) is 2. The van der Waals surface area contributed by atoms with Crippen molar-refractivity contribution in [3.8, 4) is 11.4 Å². The van der Waals surface area contributed by atoms with Crippen molar-refractivity contribution >= 4 is 10.9 Å². The Balaban J connectivity index is 2.25. The molecule has 0 spiro atoms. The molecule has 0 saturated heterocycles. The number of para-hydroxylation sites is 1. The fourth-order valence-corrected chi connectivity index (χ4v) is 1.73. The van der Waals surface area contributed by atoms with Crippen molar-refractivity contribution in [2.75, 3.05) is 0 Å². The second-order valence-corrected chi connectivity index (χ2v) is 3.66. The van der Waals surface area contributed by atoms with Crippen molar-refractivity contribution in [2.45, 2.75) is 0 Å². The molecule has 1 N–H and O–H groups in total. The molecule has 82 valence electrons. The number of rotatable bonds is 1. The van der Waals surface area contributed by atoms with Gasteiger partial charge in [0.25, 0.3) is 5.56 Å². The average Bonchev–Trinajstić information content (AvgIpc) is 2.39. The zero-order valence-corrected chi connectivity index (χ0v) is 8.92. The lowest BCUT2D eigenvalue weighted by molar-refractivity contribution is 1.13. The SMILES string of the molecule is O=c1[nH]ccnc1-c1ccc2ccccc2n1. The predicted molar refractivity (Wildman–Crippen MR) is 65.6 cm³/mol. The molecule has 4 nitrogen and oxygen atoms in total. The number of aromatic amines is 1. The summed E-state index contributed by atoms with van der Waals surface area (Å²) >= 11 is 0. The maximum Gasteiger partial charge on any atom is 0.276 e. The van der Waals surface area contributed by atoms with Gasteiger partial charge in [-0.25, -0.2) is 9.97 Å². The number of hydrogen-bond acceptors (Lipinski definition) is 3. The Morgan fingerprint density at radius 3 is 2.82 bits per heavy atom. The van der Waals surface area contributed by atoms with Crippen LogP contribution in [0.25, 0.3) is 22.3 Å². The van der Waals surface area contributed by atoms with Crippen LogP contribution in [0.5, 0.6) is 0 Å². The van der Waals surface area contributed by atoms with Gasteiger partial charge in [-0.3, -0.25) is 4.79 Å². The minimum atomic E-state index is -0.227. The molecule has 0 unspecified atom stereocenters. The molecule has 0 aliphatic carbocycles. The summed E-state index contributed by atoms with van der Waals surface area (Å²) in [5.74, 6) is 0.